The highest BCUT2D eigenvalue weighted by Crippen LogP contribution is 2.03. The number of hydrogen-bond donors (Lipinski definition) is 1. The van der Waals surface area contributed by atoms with Crippen LogP contribution in [0.25, 0.3) is 12.2 Å². The number of pyridine rings is 1. The fourth-order valence-corrected chi connectivity index (χ4v) is 1.02. The second-order valence-electron chi connectivity index (χ2n) is 2.62. The molecule has 0 unspecified atom stereocenters. The van der Waals surface area contributed by atoms with E-state index < -0.39 is 0 Å². The van der Waals surface area contributed by atoms with E-state index in [2.05, 4.69) is 15.0 Å². The van der Waals surface area contributed by atoms with Crippen LogP contribution >= 0.6 is 0 Å². The van der Waals surface area contributed by atoms with Gasteiger partial charge in [-0.15, -0.1) is 0 Å². The first kappa shape index (κ1) is 7.73. The van der Waals surface area contributed by atoms with Crippen molar-refractivity contribution in [3.8, 4) is 0 Å². The number of nitrogens with zero attached hydrogens (tertiary/aromatic N) is 2. The summed E-state index contributed by atoms with van der Waals surface area (Å²) < 4.78 is 0. The molecule has 0 aromatic carbocycles. The molecule has 0 saturated heterocycles. The van der Waals surface area contributed by atoms with Crippen molar-refractivity contribution in [3.63, 3.8) is 0 Å². The van der Waals surface area contributed by atoms with Gasteiger partial charge in [-0.1, -0.05) is 6.08 Å². The van der Waals surface area contributed by atoms with Gasteiger partial charge in [-0.2, -0.15) is 0 Å². The molecular weight excluding hydrogens is 162 g/mol. The van der Waals surface area contributed by atoms with Crippen molar-refractivity contribution in [1.82, 2.24) is 15.0 Å². The SMILES string of the molecule is C(=C/c1cnc[nH]1)/c1ccncc1. The fraction of sp³-hybridized carbons (Fsp3) is 0. The Bertz CT molecular complexity index is 376. The Balaban J connectivity index is 2.15. The van der Waals surface area contributed by atoms with Crippen LogP contribution in [0, 0.1) is 0 Å². The van der Waals surface area contributed by atoms with Gasteiger partial charge in [0.1, 0.15) is 0 Å². The van der Waals surface area contributed by atoms with Gasteiger partial charge >= 0.3 is 0 Å². The number of nitrogens with one attached hydrogen (secondary N) is 1. The van der Waals surface area contributed by atoms with Gasteiger partial charge < -0.3 is 4.98 Å². The maximum absolute atomic E-state index is 3.94. The molecular formula is C10H9N3. The summed E-state index contributed by atoms with van der Waals surface area (Å²) in [5, 5.41) is 0. The van der Waals surface area contributed by atoms with Crippen molar-refractivity contribution >= 4 is 12.2 Å². The molecule has 0 fully saturated rings. The molecule has 2 aromatic rings. The molecule has 0 bridgehead atoms. The predicted octanol–water partition coefficient (Wildman–Crippen LogP) is 1.98. The van der Waals surface area contributed by atoms with Crippen molar-refractivity contribution in [2.24, 2.45) is 0 Å². The quantitative estimate of drug-likeness (QED) is 0.750. The molecule has 3 nitrogen and oxygen atoms in total. The molecule has 3 heteroatoms. The molecule has 0 aliphatic carbocycles. The fourth-order valence-electron chi connectivity index (χ4n) is 1.02. The Morgan fingerprint density at radius 1 is 1.08 bits per heavy atom. The molecule has 2 heterocycles. The molecule has 2 aromatic heterocycles. The maximum Gasteiger partial charge on any atom is 0.0924 e. The standard InChI is InChI=1S/C10H9N3/c1(2-10-7-12-8-13-10)9-3-5-11-6-4-9/h1-8H,(H,12,13)/b2-1-. The van der Waals surface area contributed by atoms with Gasteiger partial charge in [-0.3, -0.25) is 4.98 Å². The predicted molar refractivity (Wildman–Crippen MR) is 51.8 cm³/mol. The third-order valence-electron chi connectivity index (χ3n) is 1.68. The van der Waals surface area contributed by atoms with Crippen molar-refractivity contribution in [3.05, 3.63) is 48.3 Å². The minimum absolute atomic E-state index is 0.997. The average molecular weight is 171 g/mol. The van der Waals surface area contributed by atoms with Gasteiger partial charge in [-0.25, -0.2) is 4.98 Å². The van der Waals surface area contributed by atoms with E-state index in [4.69, 9.17) is 0 Å². The van der Waals surface area contributed by atoms with Gasteiger partial charge in [0.2, 0.25) is 0 Å². The van der Waals surface area contributed by atoms with Crippen LogP contribution in [0.5, 0.6) is 0 Å². The van der Waals surface area contributed by atoms with Gasteiger partial charge in [0.15, 0.2) is 0 Å². The van der Waals surface area contributed by atoms with Crippen LogP contribution in [-0.4, -0.2) is 15.0 Å². The summed E-state index contributed by atoms with van der Waals surface area (Å²) >= 11 is 0. The van der Waals surface area contributed by atoms with Crippen molar-refractivity contribution < 1.29 is 0 Å². The zero-order valence-corrected chi connectivity index (χ0v) is 7.01. The second kappa shape index (κ2) is 3.67. The Hall–Kier alpha value is -1.90. The number of H-pyrrole nitrogens is 1. The van der Waals surface area contributed by atoms with E-state index in [1.165, 1.54) is 0 Å². The minimum atomic E-state index is 0.997. The normalized spacial score (nSPS) is 10.8. The van der Waals surface area contributed by atoms with Gasteiger partial charge in [0, 0.05) is 12.4 Å². The Kier molecular flexibility index (Phi) is 2.18. The maximum atomic E-state index is 3.94. The lowest BCUT2D eigenvalue weighted by Gasteiger charge is -1.89. The molecule has 13 heavy (non-hydrogen) atoms. The number of rotatable bonds is 2. The van der Waals surface area contributed by atoms with Crippen molar-refractivity contribution in [2.45, 2.75) is 0 Å². The molecule has 1 N–H and O–H groups in total. The molecule has 0 radical (unpaired) electrons. The molecule has 0 atom stereocenters. The van der Waals surface area contributed by atoms with E-state index >= 15 is 0 Å². The largest absolute Gasteiger partial charge is 0.345 e. The highest BCUT2D eigenvalue weighted by Gasteiger charge is 1.86. The highest BCUT2D eigenvalue weighted by atomic mass is 14.8. The Labute approximate surface area is 76.2 Å². The topological polar surface area (TPSA) is 41.6 Å². The van der Waals surface area contributed by atoms with Gasteiger partial charge in [-0.05, 0) is 23.8 Å². The lowest BCUT2D eigenvalue weighted by molar-refractivity contribution is 1.31. The van der Waals surface area contributed by atoms with Crippen LogP contribution in [0.4, 0.5) is 0 Å². The molecule has 2 rings (SSSR count). The summed E-state index contributed by atoms with van der Waals surface area (Å²) in [7, 11) is 0. The van der Waals surface area contributed by atoms with Gasteiger partial charge in [0.25, 0.3) is 0 Å². The third kappa shape index (κ3) is 2.02. The lowest BCUT2D eigenvalue weighted by Crippen LogP contribution is -1.72. The summed E-state index contributed by atoms with van der Waals surface area (Å²) in [5.74, 6) is 0. The number of aromatic amines is 1. The smallest absolute Gasteiger partial charge is 0.0924 e. The third-order valence-corrected chi connectivity index (χ3v) is 1.68. The number of hydrogen-bond acceptors (Lipinski definition) is 2. The zero-order valence-electron chi connectivity index (χ0n) is 7.01. The second-order valence-corrected chi connectivity index (χ2v) is 2.62. The summed E-state index contributed by atoms with van der Waals surface area (Å²) in [6, 6.07) is 3.90. The summed E-state index contributed by atoms with van der Waals surface area (Å²) in [6.45, 7) is 0. The first-order valence-electron chi connectivity index (χ1n) is 4.01. The average Bonchev–Trinajstić information content (AvgIpc) is 2.69. The summed E-state index contributed by atoms with van der Waals surface area (Å²) in [6.07, 6.45) is 11.0. The van der Waals surface area contributed by atoms with Gasteiger partial charge in [0.05, 0.1) is 18.2 Å². The molecule has 0 saturated carbocycles. The van der Waals surface area contributed by atoms with Crippen LogP contribution in [0.15, 0.2) is 37.1 Å². The minimum Gasteiger partial charge on any atom is -0.345 e. The van der Waals surface area contributed by atoms with Crippen molar-refractivity contribution in [1.29, 1.82) is 0 Å². The molecule has 0 aliphatic rings. The van der Waals surface area contributed by atoms with E-state index in [-0.39, 0.29) is 0 Å². The van der Waals surface area contributed by atoms with E-state index in [0.29, 0.717) is 0 Å². The molecule has 0 amide bonds. The van der Waals surface area contributed by atoms with E-state index in [9.17, 15) is 0 Å². The first-order valence-corrected chi connectivity index (χ1v) is 4.01. The summed E-state index contributed by atoms with van der Waals surface area (Å²) in [4.78, 5) is 10.8. The van der Waals surface area contributed by atoms with E-state index in [1.54, 1.807) is 24.9 Å². The first-order chi connectivity index (χ1) is 6.45. The van der Waals surface area contributed by atoms with Crippen LogP contribution < -0.4 is 0 Å². The molecule has 0 aliphatic heterocycles. The van der Waals surface area contributed by atoms with E-state index in [0.717, 1.165) is 11.3 Å². The van der Waals surface area contributed by atoms with E-state index in [1.807, 2.05) is 24.3 Å². The lowest BCUT2D eigenvalue weighted by atomic mass is 10.2. The monoisotopic (exact) mass is 171 g/mol. The summed E-state index contributed by atoms with van der Waals surface area (Å²) in [5.41, 5.74) is 2.13. The van der Waals surface area contributed by atoms with Crippen LogP contribution in [0.3, 0.4) is 0 Å². The number of aromatic nitrogens is 3. The number of imidazole rings is 1. The Morgan fingerprint density at radius 3 is 2.62 bits per heavy atom. The van der Waals surface area contributed by atoms with Crippen LogP contribution in [-0.2, 0) is 0 Å². The molecule has 64 valence electrons. The van der Waals surface area contributed by atoms with Crippen LogP contribution in [0.2, 0.25) is 0 Å². The van der Waals surface area contributed by atoms with Crippen LogP contribution in [0.1, 0.15) is 11.3 Å². The molecule has 0 spiro atoms. The van der Waals surface area contributed by atoms with Crippen molar-refractivity contribution in [2.75, 3.05) is 0 Å². The highest BCUT2D eigenvalue weighted by molar-refractivity contribution is 5.67. The Morgan fingerprint density at radius 2 is 1.92 bits per heavy atom. The zero-order chi connectivity index (χ0) is 8.93.